The molecular formula is C57H100O6. The summed E-state index contributed by atoms with van der Waals surface area (Å²) in [5, 5.41) is 0. The van der Waals surface area contributed by atoms with Gasteiger partial charge in [-0.25, -0.2) is 0 Å². The van der Waals surface area contributed by atoms with Crippen LogP contribution in [-0.4, -0.2) is 37.2 Å². The SMILES string of the molecule is CCCC/C=C\CCCCCCCC(=O)OCC(COC(=O)CCC/C=C\C/C=C\C/C=C\C/C=C\CCCCC)OC(=O)CCCCCCCCCCCCCCCCCCC. The highest BCUT2D eigenvalue weighted by Crippen LogP contribution is 2.15. The van der Waals surface area contributed by atoms with Gasteiger partial charge in [0.15, 0.2) is 6.10 Å². The minimum atomic E-state index is -0.796. The molecule has 0 fully saturated rings. The number of carbonyl (C=O) groups is 3. The van der Waals surface area contributed by atoms with Gasteiger partial charge in [-0.05, 0) is 77.0 Å². The lowest BCUT2D eigenvalue weighted by Gasteiger charge is -2.18. The molecule has 63 heavy (non-hydrogen) atoms. The highest BCUT2D eigenvalue weighted by molar-refractivity contribution is 5.71. The van der Waals surface area contributed by atoms with Crippen LogP contribution >= 0.6 is 0 Å². The average molecular weight is 881 g/mol. The van der Waals surface area contributed by atoms with Crippen LogP contribution in [0.2, 0.25) is 0 Å². The minimum absolute atomic E-state index is 0.0938. The average Bonchev–Trinajstić information content (AvgIpc) is 3.28. The molecule has 0 N–H and O–H groups in total. The minimum Gasteiger partial charge on any atom is -0.462 e. The Kier molecular flexibility index (Phi) is 49.4. The number of unbranched alkanes of at least 4 members (excludes halogenated alkanes) is 27. The Hall–Kier alpha value is -2.89. The van der Waals surface area contributed by atoms with Gasteiger partial charge < -0.3 is 14.2 Å². The summed E-state index contributed by atoms with van der Waals surface area (Å²) in [6.45, 7) is 6.53. The van der Waals surface area contributed by atoms with Gasteiger partial charge in [-0.15, -0.1) is 0 Å². The van der Waals surface area contributed by atoms with Crippen LogP contribution in [0.4, 0.5) is 0 Å². The molecule has 0 radical (unpaired) electrons. The molecule has 0 amide bonds. The number of esters is 3. The van der Waals surface area contributed by atoms with Gasteiger partial charge in [0.05, 0.1) is 0 Å². The van der Waals surface area contributed by atoms with E-state index in [9.17, 15) is 14.4 Å². The molecule has 6 nitrogen and oxygen atoms in total. The molecule has 0 heterocycles. The van der Waals surface area contributed by atoms with Crippen molar-refractivity contribution in [2.75, 3.05) is 13.2 Å². The van der Waals surface area contributed by atoms with E-state index in [4.69, 9.17) is 14.2 Å². The topological polar surface area (TPSA) is 78.9 Å². The third kappa shape index (κ3) is 50.0. The molecule has 0 bridgehead atoms. The van der Waals surface area contributed by atoms with Gasteiger partial charge in [0.2, 0.25) is 0 Å². The van der Waals surface area contributed by atoms with Crippen LogP contribution in [-0.2, 0) is 28.6 Å². The van der Waals surface area contributed by atoms with Crippen LogP contribution in [0.15, 0.2) is 60.8 Å². The van der Waals surface area contributed by atoms with E-state index in [0.29, 0.717) is 19.3 Å². The smallest absolute Gasteiger partial charge is 0.306 e. The molecule has 0 aromatic heterocycles. The summed E-state index contributed by atoms with van der Waals surface area (Å²) in [7, 11) is 0. The van der Waals surface area contributed by atoms with Crippen molar-refractivity contribution in [2.24, 2.45) is 0 Å². The number of hydrogen-bond acceptors (Lipinski definition) is 6. The van der Waals surface area contributed by atoms with Gasteiger partial charge in [0.1, 0.15) is 13.2 Å². The summed E-state index contributed by atoms with van der Waals surface area (Å²) in [4.78, 5) is 38.0. The normalized spacial score (nSPS) is 12.5. The lowest BCUT2D eigenvalue weighted by molar-refractivity contribution is -0.167. The molecule has 364 valence electrons. The lowest BCUT2D eigenvalue weighted by atomic mass is 10.0. The fourth-order valence-electron chi connectivity index (χ4n) is 7.42. The van der Waals surface area contributed by atoms with E-state index >= 15 is 0 Å². The standard InChI is InChI=1S/C57H100O6/c1-4-7-10-13-16-19-22-24-26-28-30-32-35-38-41-44-47-50-56(59)62-53-54(52-61-55(58)49-46-43-40-37-34-21-18-15-12-9-6-3)63-57(60)51-48-45-42-39-36-33-31-29-27-25-23-20-17-14-11-8-5-2/h15-16,18-19,24,26,30,32,38,41,54H,4-14,17,20-23,25,27-29,31,33-37,39-40,42-53H2,1-3H3/b18-15-,19-16-,26-24-,32-30-,41-38-. The van der Waals surface area contributed by atoms with Crippen molar-refractivity contribution in [3.63, 3.8) is 0 Å². The Morgan fingerprint density at radius 2 is 0.603 bits per heavy atom. The zero-order valence-corrected chi connectivity index (χ0v) is 41.6. The molecule has 0 aliphatic rings. The van der Waals surface area contributed by atoms with Crippen molar-refractivity contribution in [3.8, 4) is 0 Å². The zero-order valence-electron chi connectivity index (χ0n) is 41.6. The summed E-state index contributed by atoms with van der Waals surface area (Å²) in [6.07, 6.45) is 63.5. The fraction of sp³-hybridized carbons (Fsp3) is 0.772. The van der Waals surface area contributed by atoms with E-state index in [1.54, 1.807) is 0 Å². The van der Waals surface area contributed by atoms with Crippen molar-refractivity contribution >= 4 is 17.9 Å². The fourth-order valence-corrected chi connectivity index (χ4v) is 7.42. The molecule has 0 aliphatic heterocycles. The first-order chi connectivity index (χ1) is 31.0. The Morgan fingerprint density at radius 1 is 0.317 bits per heavy atom. The number of hydrogen-bond donors (Lipinski definition) is 0. The number of carbonyl (C=O) groups excluding carboxylic acids is 3. The zero-order chi connectivity index (χ0) is 45.8. The van der Waals surface area contributed by atoms with Gasteiger partial charge in [0, 0.05) is 19.3 Å². The summed E-state index contributed by atoms with van der Waals surface area (Å²) < 4.78 is 16.8. The maximum Gasteiger partial charge on any atom is 0.306 e. The molecule has 0 spiro atoms. The van der Waals surface area contributed by atoms with Crippen LogP contribution in [0.5, 0.6) is 0 Å². The van der Waals surface area contributed by atoms with Crippen molar-refractivity contribution in [3.05, 3.63) is 60.8 Å². The molecule has 1 unspecified atom stereocenters. The number of allylic oxidation sites excluding steroid dienone is 10. The molecule has 0 aliphatic carbocycles. The molecule has 1 atom stereocenters. The van der Waals surface area contributed by atoms with Gasteiger partial charge in [-0.1, -0.05) is 229 Å². The predicted molar refractivity (Wildman–Crippen MR) is 270 cm³/mol. The van der Waals surface area contributed by atoms with Crippen LogP contribution in [0.25, 0.3) is 0 Å². The summed E-state index contributed by atoms with van der Waals surface area (Å²) in [6, 6.07) is 0. The van der Waals surface area contributed by atoms with Gasteiger partial charge in [-0.3, -0.25) is 14.4 Å². The van der Waals surface area contributed by atoms with E-state index in [1.165, 1.54) is 148 Å². The Balaban J connectivity index is 4.42. The van der Waals surface area contributed by atoms with E-state index in [1.807, 2.05) is 0 Å². The first-order valence-electron chi connectivity index (χ1n) is 26.8. The second-order valence-corrected chi connectivity index (χ2v) is 17.8. The van der Waals surface area contributed by atoms with Crippen molar-refractivity contribution < 1.29 is 28.6 Å². The molecule has 6 heteroatoms. The van der Waals surface area contributed by atoms with Crippen molar-refractivity contribution in [1.29, 1.82) is 0 Å². The molecule has 0 saturated heterocycles. The van der Waals surface area contributed by atoms with Crippen LogP contribution in [0, 0.1) is 0 Å². The first kappa shape index (κ1) is 60.1. The number of rotatable bonds is 48. The van der Waals surface area contributed by atoms with Crippen molar-refractivity contribution in [2.45, 2.75) is 271 Å². The molecule has 0 aromatic carbocycles. The summed E-state index contributed by atoms with van der Waals surface area (Å²) in [5.41, 5.74) is 0. The Labute approximate surface area is 390 Å². The third-order valence-corrected chi connectivity index (χ3v) is 11.5. The second-order valence-electron chi connectivity index (χ2n) is 17.8. The van der Waals surface area contributed by atoms with E-state index in [-0.39, 0.29) is 37.5 Å². The summed E-state index contributed by atoms with van der Waals surface area (Å²) in [5.74, 6) is -0.954. The highest BCUT2D eigenvalue weighted by atomic mass is 16.6. The predicted octanol–water partition coefficient (Wildman–Crippen LogP) is 17.6. The Bertz CT molecular complexity index is 1150. The lowest BCUT2D eigenvalue weighted by Crippen LogP contribution is -2.30. The summed E-state index contributed by atoms with van der Waals surface area (Å²) >= 11 is 0. The highest BCUT2D eigenvalue weighted by Gasteiger charge is 2.19. The van der Waals surface area contributed by atoms with Crippen LogP contribution < -0.4 is 0 Å². The molecule has 0 saturated carbocycles. The maximum absolute atomic E-state index is 12.8. The third-order valence-electron chi connectivity index (χ3n) is 11.5. The van der Waals surface area contributed by atoms with Crippen LogP contribution in [0.3, 0.4) is 0 Å². The van der Waals surface area contributed by atoms with E-state index in [0.717, 1.165) is 70.6 Å². The molecule has 0 rings (SSSR count). The van der Waals surface area contributed by atoms with Crippen LogP contribution in [0.1, 0.15) is 265 Å². The van der Waals surface area contributed by atoms with E-state index in [2.05, 4.69) is 81.5 Å². The van der Waals surface area contributed by atoms with E-state index < -0.39 is 6.10 Å². The monoisotopic (exact) mass is 881 g/mol. The largest absolute Gasteiger partial charge is 0.462 e. The number of ether oxygens (including phenoxy) is 3. The molecule has 0 aromatic rings. The Morgan fingerprint density at radius 3 is 1.05 bits per heavy atom. The second kappa shape index (κ2) is 51.7. The van der Waals surface area contributed by atoms with Gasteiger partial charge in [-0.2, -0.15) is 0 Å². The van der Waals surface area contributed by atoms with Gasteiger partial charge in [0.25, 0.3) is 0 Å². The van der Waals surface area contributed by atoms with Crippen molar-refractivity contribution in [1.82, 2.24) is 0 Å². The quantitative estimate of drug-likeness (QED) is 0.0262. The van der Waals surface area contributed by atoms with Gasteiger partial charge >= 0.3 is 17.9 Å². The maximum atomic E-state index is 12.8. The first-order valence-corrected chi connectivity index (χ1v) is 26.8. The molecular weight excluding hydrogens is 781 g/mol.